The molecule has 1 N–H and O–H groups in total. The number of carbonyl (C=O) groups is 2. The first-order valence-corrected chi connectivity index (χ1v) is 17.9. The number of aliphatic carboxylic acids is 1. The van der Waals surface area contributed by atoms with Gasteiger partial charge in [0.25, 0.3) is 5.91 Å². The zero-order valence-corrected chi connectivity index (χ0v) is 29.9. The Hall–Kier alpha value is -4.16. The standard InChI is InChI=1S/C39H49N3O5S/c1-7-8-9-12-30(24-37(43)44)29-13-10-14-32(23-29)47-26-28-19-21-41(22-20-28)34-25-31(46-5)17-18-33(34)38(45)42(27-39(2,3)4)35-15-11-16-36(40-35)48-6/h10-11,13-18,23,25,28,30H,7-8,19-22,24,26-27H2,1-6H3,(H,43,44). The number of anilines is 2. The van der Waals surface area contributed by atoms with Crippen molar-refractivity contribution >= 4 is 35.1 Å². The number of methoxy groups -OCH3 is 1. The topological polar surface area (TPSA) is 92.2 Å². The first-order valence-electron chi connectivity index (χ1n) is 16.7. The number of carboxylic acid groups (broad SMARTS) is 1. The van der Waals surface area contributed by atoms with Crippen molar-refractivity contribution in [3.63, 3.8) is 0 Å². The molecule has 1 aromatic heterocycles. The van der Waals surface area contributed by atoms with Crippen molar-refractivity contribution in [2.75, 3.05) is 49.4 Å². The summed E-state index contributed by atoms with van der Waals surface area (Å²) in [7, 11) is 1.64. The van der Waals surface area contributed by atoms with Crippen molar-refractivity contribution in [2.24, 2.45) is 11.3 Å². The van der Waals surface area contributed by atoms with E-state index in [0.717, 1.165) is 60.8 Å². The summed E-state index contributed by atoms with van der Waals surface area (Å²) in [5.41, 5.74) is 2.21. The lowest BCUT2D eigenvalue weighted by molar-refractivity contribution is -0.137. The highest BCUT2D eigenvalue weighted by molar-refractivity contribution is 7.98. The van der Waals surface area contributed by atoms with Crippen LogP contribution in [0.2, 0.25) is 0 Å². The predicted octanol–water partition coefficient (Wildman–Crippen LogP) is 8.16. The van der Waals surface area contributed by atoms with Gasteiger partial charge < -0.3 is 19.5 Å². The molecule has 1 aliphatic rings. The molecule has 0 bridgehead atoms. The number of hydrogen-bond donors (Lipinski definition) is 1. The number of unbranched alkanes of at least 4 members (excludes halogenated alkanes) is 1. The molecule has 3 aromatic rings. The Bertz CT molecular complexity index is 1600. The van der Waals surface area contributed by atoms with Gasteiger partial charge in [-0.3, -0.25) is 14.5 Å². The number of thioether (sulfide) groups is 1. The maximum absolute atomic E-state index is 14.4. The molecule has 8 nitrogen and oxygen atoms in total. The van der Waals surface area contributed by atoms with Crippen molar-refractivity contribution in [2.45, 2.75) is 70.7 Å². The molecule has 2 aromatic carbocycles. The monoisotopic (exact) mass is 671 g/mol. The van der Waals surface area contributed by atoms with E-state index in [4.69, 9.17) is 14.5 Å². The number of pyridine rings is 1. The van der Waals surface area contributed by atoms with E-state index in [1.807, 2.05) is 66.9 Å². The minimum atomic E-state index is -0.867. The molecule has 1 atom stereocenters. The van der Waals surface area contributed by atoms with Gasteiger partial charge in [-0.2, -0.15) is 0 Å². The summed E-state index contributed by atoms with van der Waals surface area (Å²) >= 11 is 1.56. The number of amides is 1. The van der Waals surface area contributed by atoms with Crippen LogP contribution in [0.5, 0.6) is 11.5 Å². The third kappa shape index (κ3) is 10.4. The number of rotatable bonds is 13. The first-order chi connectivity index (χ1) is 23.0. The molecule has 0 radical (unpaired) electrons. The highest BCUT2D eigenvalue weighted by atomic mass is 32.2. The summed E-state index contributed by atoms with van der Waals surface area (Å²) < 4.78 is 11.8. The molecule has 48 heavy (non-hydrogen) atoms. The van der Waals surface area contributed by atoms with E-state index in [1.165, 1.54) is 0 Å². The molecule has 256 valence electrons. The van der Waals surface area contributed by atoms with E-state index in [1.54, 1.807) is 23.8 Å². The molecule has 1 unspecified atom stereocenters. The van der Waals surface area contributed by atoms with Crippen molar-refractivity contribution in [1.29, 1.82) is 0 Å². The normalized spacial score (nSPS) is 14.1. The van der Waals surface area contributed by atoms with Gasteiger partial charge in [-0.05, 0) is 78.8 Å². The molecule has 0 aliphatic carbocycles. The van der Waals surface area contributed by atoms with Crippen molar-refractivity contribution in [1.82, 2.24) is 4.98 Å². The second-order valence-electron chi connectivity index (χ2n) is 13.4. The Kier molecular flexibility index (Phi) is 13.2. The van der Waals surface area contributed by atoms with Crippen LogP contribution < -0.4 is 19.3 Å². The van der Waals surface area contributed by atoms with Gasteiger partial charge in [0.15, 0.2) is 0 Å². The fourth-order valence-corrected chi connectivity index (χ4v) is 6.15. The lowest BCUT2D eigenvalue weighted by Gasteiger charge is -2.36. The van der Waals surface area contributed by atoms with Crippen LogP contribution in [-0.2, 0) is 4.79 Å². The fourth-order valence-electron chi connectivity index (χ4n) is 5.75. The van der Waals surface area contributed by atoms with Crippen molar-refractivity contribution in [3.05, 3.63) is 71.8 Å². The number of piperidine rings is 1. The lowest BCUT2D eigenvalue weighted by Crippen LogP contribution is -2.41. The van der Waals surface area contributed by atoms with Gasteiger partial charge in [-0.1, -0.05) is 51.8 Å². The Morgan fingerprint density at radius 3 is 2.50 bits per heavy atom. The number of aromatic nitrogens is 1. The van der Waals surface area contributed by atoms with Gasteiger partial charge in [0.1, 0.15) is 17.3 Å². The second kappa shape index (κ2) is 17.3. The van der Waals surface area contributed by atoms with E-state index >= 15 is 0 Å². The van der Waals surface area contributed by atoms with E-state index < -0.39 is 5.97 Å². The zero-order chi connectivity index (χ0) is 34.7. The van der Waals surface area contributed by atoms with Crippen LogP contribution in [0, 0.1) is 23.2 Å². The number of nitrogens with zero attached hydrogens (tertiary/aromatic N) is 3. The smallest absolute Gasteiger partial charge is 0.304 e. The SMILES string of the molecule is CCCC#CC(CC(=O)O)c1cccc(OCC2CCN(c3cc(OC)ccc3C(=O)N(CC(C)(C)C)c3cccc(SC)n3)CC2)c1. The quantitative estimate of drug-likeness (QED) is 0.144. The largest absolute Gasteiger partial charge is 0.497 e. The van der Waals surface area contributed by atoms with Crippen LogP contribution in [0.4, 0.5) is 11.5 Å². The summed E-state index contributed by atoms with van der Waals surface area (Å²) in [6, 6.07) is 19.2. The molecule has 2 heterocycles. The average Bonchev–Trinajstić information content (AvgIpc) is 3.08. The highest BCUT2D eigenvalue weighted by Crippen LogP contribution is 2.33. The summed E-state index contributed by atoms with van der Waals surface area (Å²) in [4.78, 5) is 34.7. The van der Waals surface area contributed by atoms with Gasteiger partial charge in [0.05, 0.1) is 42.3 Å². The molecule has 1 amide bonds. The molecule has 0 spiro atoms. The molecular weight excluding hydrogens is 623 g/mol. The van der Waals surface area contributed by atoms with Gasteiger partial charge in [-0.25, -0.2) is 4.98 Å². The van der Waals surface area contributed by atoms with E-state index in [0.29, 0.717) is 36.2 Å². The van der Waals surface area contributed by atoms with E-state index in [-0.39, 0.29) is 23.7 Å². The third-order valence-electron chi connectivity index (χ3n) is 8.24. The van der Waals surface area contributed by atoms with Crippen LogP contribution in [0.25, 0.3) is 0 Å². The molecule has 1 saturated heterocycles. The summed E-state index contributed by atoms with van der Waals surface area (Å²) in [5.74, 6) is 7.34. The Labute approximate surface area is 290 Å². The molecular formula is C39H49N3O5S. The third-order valence-corrected chi connectivity index (χ3v) is 8.88. The number of ether oxygens (including phenoxy) is 2. The minimum Gasteiger partial charge on any atom is -0.497 e. The number of carbonyl (C=O) groups excluding carboxylic acids is 1. The Morgan fingerprint density at radius 1 is 1.08 bits per heavy atom. The zero-order valence-electron chi connectivity index (χ0n) is 29.1. The van der Waals surface area contributed by atoms with E-state index in [9.17, 15) is 14.7 Å². The van der Waals surface area contributed by atoms with Crippen molar-refractivity contribution in [3.8, 4) is 23.3 Å². The van der Waals surface area contributed by atoms with Crippen LogP contribution in [0.15, 0.2) is 65.7 Å². The number of carboxylic acids is 1. The minimum absolute atomic E-state index is 0.0396. The second-order valence-corrected chi connectivity index (χ2v) is 14.2. The van der Waals surface area contributed by atoms with Crippen molar-refractivity contribution < 1.29 is 24.2 Å². The van der Waals surface area contributed by atoms with Gasteiger partial charge in [0.2, 0.25) is 0 Å². The molecule has 9 heteroatoms. The number of hydrogen-bond acceptors (Lipinski definition) is 7. The molecule has 1 aliphatic heterocycles. The summed E-state index contributed by atoms with van der Waals surface area (Å²) in [5, 5.41) is 10.3. The average molecular weight is 672 g/mol. The summed E-state index contributed by atoms with van der Waals surface area (Å²) in [6.07, 6.45) is 5.42. The predicted molar refractivity (Wildman–Crippen MR) is 195 cm³/mol. The lowest BCUT2D eigenvalue weighted by atomic mass is 9.94. The van der Waals surface area contributed by atoms with E-state index in [2.05, 4.69) is 44.4 Å². The van der Waals surface area contributed by atoms with Crippen LogP contribution in [-0.4, -0.2) is 61.6 Å². The fraction of sp³-hybridized carbons (Fsp3) is 0.462. The molecule has 0 saturated carbocycles. The maximum Gasteiger partial charge on any atom is 0.304 e. The van der Waals surface area contributed by atoms with Crippen LogP contribution in [0.3, 0.4) is 0 Å². The first kappa shape index (κ1) is 36.7. The highest BCUT2D eigenvalue weighted by Gasteiger charge is 2.30. The maximum atomic E-state index is 14.4. The van der Waals surface area contributed by atoms with Gasteiger partial charge in [-0.15, -0.1) is 17.7 Å². The summed E-state index contributed by atoms with van der Waals surface area (Å²) in [6.45, 7) is 11.1. The van der Waals surface area contributed by atoms with Crippen LogP contribution in [0.1, 0.15) is 81.6 Å². The van der Waals surface area contributed by atoms with Crippen LogP contribution >= 0.6 is 11.8 Å². The number of benzene rings is 2. The Morgan fingerprint density at radius 2 is 1.83 bits per heavy atom. The molecule has 4 rings (SSSR count). The van der Waals surface area contributed by atoms with Gasteiger partial charge in [0, 0.05) is 32.1 Å². The Balaban J connectivity index is 1.48. The molecule has 1 fully saturated rings. The van der Waals surface area contributed by atoms with Gasteiger partial charge >= 0.3 is 5.97 Å².